The largest absolute Gasteiger partial charge is 0.395 e. The van der Waals surface area contributed by atoms with Crippen LogP contribution in [0.15, 0.2) is 18.3 Å². The summed E-state index contributed by atoms with van der Waals surface area (Å²) in [5.74, 6) is 1.02. The molecular weight excluding hydrogens is 228 g/mol. The average molecular weight is 250 g/mol. The number of anilines is 1. The molecule has 0 amide bonds. The first kappa shape index (κ1) is 13.3. The molecule has 1 atom stereocenters. The van der Waals surface area contributed by atoms with Crippen molar-refractivity contribution in [2.24, 2.45) is 5.73 Å². The van der Waals surface area contributed by atoms with Gasteiger partial charge in [0.25, 0.3) is 0 Å². The lowest BCUT2D eigenvalue weighted by Crippen LogP contribution is -2.47. The van der Waals surface area contributed by atoms with Crippen LogP contribution in [0.25, 0.3) is 0 Å². The van der Waals surface area contributed by atoms with E-state index in [2.05, 4.69) is 14.8 Å². The van der Waals surface area contributed by atoms with Crippen molar-refractivity contribution in [3.8, 4) is 0 Å². The van der Waals surface area contributed by atoms with Crippen LogP contribution in [0.5, 0.6) is 0 Å². The van der Waals surface area contributed by atoms with Gasteiger partial charge in [0, 0.05) is 45.0 Å². The van der Waals surface area contributed by atoms with Crippen molar-refractivity contribution < 1.29 is 5.11 Å². The van der Waals surface area contributed by atoms with Crippen molar-refractivity contribution in [1.82, 2.24) is 9.88 Å². The second kappa shape index (κ2) is 6.13. The number of hydrogen-bond acceptors (Lipinski definition) is 5. The van der Waals surface area contributed by atoms with Crippen LogP contribution in [0.2, 0.25) is 0 Å². The molecule has 5 nitrogen and oxygen atoms in total. The number of piperazine rings is 1. The van der Waals surface area contributed by atoms with E-state index in [-0.39, 0.29) is 12.6 Å². The van der Waals surface area contributed by atoms with Crippen LogP contribution >= 0.6 is 0 Å². The van der Waals surface area contributed by atoms with Gasteiger partial charge in [-0.2, -0.15) is 0 Å². The van der Waals surface area contributed by atoms with Crippen molar-refractivity contribution in [2.45, 2.75) is 13.0 Å². The highest BCUT2D eigenvalue weighted by molar-refractivity contribution is 5.40. The smallest absolute Gasteiger partial charge is 0.128 e. The molecule has 2 heterocycles. The summed E-state index contributed by atoms with van der Waals surface area (Å²) in [4.78, 5) is 9.02. The van der Waals surface area contributed by atoms with Crippen molar-refractivity contribution in [1.29, 1.82) is 0 Å². The lowest BCUT2D eigenvalue weighted by atomic mass is 10.1. The highest BCUT2D eigenvalue weighted by Crippen LogP contribution is 2.16. The maximum atomic E-state index is 8.90. The third-order valence-corrected chi connectivity index (χ3v) is 3.41. The van der Waals surface area contributed by atoms with Crippen LogP contribution in [0.1, 0.15) is 18.5 Å². The first-order valence-electron chi connectivity index (χ1n) is 6.50. The number of β-amino-alcohol motifs (C(OH)–C–C–N with tert-alkyl or cyclic N) is 1. The first-order chi connectivity index (χ1) is 8.70. The molecule has 1 unspecified atom stereocenters. The summed E-state index contributed by atoms with van der Waals surface area (Å²) in [5.41, 5.74) is 6.88. The minimum Gasteiger partial charge on any atom is -0.395 e. The third kappa shape index (κ3) is 3.19. The molecule has 0 radical (unpaired) electrons. The molecule has 1 aliphatic rings. The fraction of sp³-hybridized carbons (Fsp3) is 0.615. The Bertz CT molecular complexity index is 358. The van der Waals surface area contributed by atoms with Gasteiger partial charge in [-0.15, -0.1) is 0 Å². The number of aromatic nitrogens is 1. The molecule has 0 aliphatic carbocycles. The van der Waals surface area contributed by atoms with E-state index >= 15 is 0 Å². The van der Waals surface area contributed by atoms with Crippen LogP contribution < -0.4 is 10.6 Å². The van der Waals surface area contributed by atoms with Crippen LogP contribution in [0.3, 0.4) is 0 Å². The highest BCUT2D eigenvalue weighted by atomic mass is 16.3. The number of nitrogens with zero attached hydrogens (tertiary/aromatic N) is 3. The normalized spacial score (nSPS) is 18.9. The summed E-state index contributed by atoms with van der Waals surface area (Å²) in [6.45, 7) is 6.86. The van der Waals surface area contributed by atoms with E-state index in [0.29, 0.717) is 0 Å². The summed E-state index contributed by atoms with van der Waals surface area (Å²) < 4.78 is 0. The molecule has 1 saturated heterocycles. The molecule has 18 heavy (non-hydrogen) atoms. The number of nitrogens with two attached hydrogens (primary N) is 1. The lowest BCUT2D eigenvalue weighted by Gasteiger charge is -2.35. The number of pyridine rings is 1. The van der Waals surface area contributed by atoms with E-state index in [1.807, 2.05) is 25.3 Å². The van der Waals surface area contributed by atoms with E-state index in [1.165, 1.54) is 0 Å². The van der Waals surface area contributed by atoms with Crippen LogP contribution in [0, 0.1) is 0 Å². The molecule has 0 saturated carbocycles. The topological polar surface area (TPSA) is 65.6 Å². The SMILES string of the molecule is CC(N)c1ccc(N2CCN(CCO)CC2)nc1. The molecule has 0 aromatic carbocycles. The van der Waals surface area contributed by atoms with E-state index in [4.69, 9.17) is 10.8 Å². The quantitative estimate of drug-likeness (QED) is 0.800. The van der Waals surface area contributed by atoms with Gasteiger partial charge in [-0.25, -0.2) is 4.98 Å². The molecule has 0 spiro atoms. The van der Waals surface area contributed by atoms with Crippen LogP contribution in [-0.4, -0.2) is 54.3 Å². The van der Waals surface area contributed by atoms with Gasteiger partial charge >= 0.3 is 0 Å². The summed E-state index contributed by atoms with van der Waals surface area (Å²) in [6, 6.07) is 4.13. The van der Waals surface area contributed by atoms with Crippen molar-refractivity contribution >= 4 is 5.82 Å². The standard InChI is InChI=1S/C13H22N4O/c1-11(14)12-2-3-13(15-10-12)17-6-4-16(5-7-17)8-9-18/h2-3,10-11,18H,4-9,14H2,1H3. The highest BCUT2D eigenvalue weighted by Gasteiger charge is 2.17. The molecule has 100 valence electrons. The number of rotatable bonds is 4. The molecule has 5 heteroatoms. The number of aliphatic hydroxyl groups excluding tert-OH is 1. The van der Waals surface area contributed by atoms with Crippen LogP contribution in [0.4, 0.5) is 5.82 Å². The summed E-state index contributed by atoms with van der Waals surface area (Å²) in [6.07, 6.45) is 1.86. The Hall–Kier alpha value is -1.17. The molecule has 2 rings (SSSR count). The predicted molar refractivity (Wildman–Crippen MR) is 72.6 cm³/mol. The first-order valence-corrected chi connectivity index (χ1v) is 6.50. The maximum Gasteiger partial charge on any atom is 0.128 e. The zero-order chi connectivity index (χ0) is 13.0. The Balaban J connectivity index is 1.93. The Morgan fingerprint density at radius 2 is 2.06 bits per heavy atom. The maximum absolute atomic E-state index is 8.90. The Morgan fingerprint density at radius 3 is 2.56 bits per heavy atom. The second-order valence-corrected chi connectivity index (χ2v) is 4.79. The molecule has 3 N–H and O–H groups in total. The minimum absolute atomic E-state index is 0.0351. The van der Waals surface area contributed by atoms with Crippen LogP contribution in [-0.2, 0) is 0 Å². The van der Waals surface area contributed by atoms with Gasteiger partial charge in [0.15, 0.2) is 0 Å². The van der Waals surface area contributed by atoms with Crippen molar-refractivity contribution in [3.05, 3.63) is 23.9 Å². The number of aliphatic hydroxyl groups is 1. The monoisotopic (exact) mass is 250 g/mol. The minimum atomic E-state index is 0.0351. The van der Waals surface area contributed by atoms with Gasteiger partial charge in [-0.05, 0) is 18.6 Å². The van der Waals surface area contributed by atoms with Crippen molar-refractivity contribution in [2.75, 3.05) is 44.2 Å². The Morgan fingerprint density at radius 1 is 1.33 bits per heavy atom. The zero-order valence-corrected chi connectivity index (χ0v) is 10.9. The molecule has 1 fully saturated rings. The summed E-state index contributed by atoms with van der Waals surface area (Å²) >= 11 is 0. The van der Waals surface area contributed by atoms with Gasteiger partial charge < -0.3 is 15.7 Å². The lowest BCUT2D eigenvalue weighted by molar-refractivity contribution is 0.188. The Labute approximate surface area is 108 Å². The van der Waals surface area contributed by atoms with E-state index in [9.17, 15) is 0 Å². The zero-order valence-electron chi connectivity index (χ0n) is 10.9. The molecule has 1 aromatic rings. The van der Waals surface area contributed by atoms with Gasteiger partial charge in [0.05, 0.1) is 6.61 Å². The fourth-order valence-electron chi connectivity index (χ4n) is 2.20. The predicted octanol–water partition coefficient (Wildman–Crippen LogP) is 0.216. The summed E-state index contributed by atoms with van der Waals surface area (Å²) in [7, 11) is 0. The fourth-order valence-corrected chi connectivity index (χ4v) is 2.20. The van der Waals surface area contributed by atoms with Gasteiger partial charge in [-0.3, -0.25) is 4.90 Å². The number of hydrogen-bond donors (Lipinski definition) is 2. The van der Waals surface area contributed by atoms with E-state index in [0.717, 1.165) is 44.1 Å². The van der Waals surface area contributed by atoms with Gasteiger partial charge in [0.2, 0.25) is 0 Å². The molecule has 1 aliphatic heterocycles. The third-order valence-electron chi connectivity index (χ3n) is 3.41. The van der Waals surface area contributed by atoms with Gasteiger partial charge in [0.1, 0.15) is 5.82 Å². The second-order valence-electron chi connectivity index (χ2n) is 4.79. The van der Waals surface area contributed by atoms with Gasteiger partial charge in [-0.1, -0.05) is 6.07 Å². The average Bonchev–Trinajstić information content (AvgIpc) is 2.40. The summed E-state index contributed by atoms with van der Waals surface area (Å²) in [5, 5.41) is 8.90. The van der Waals surface area contributed by atoms with Crippen molar-refractivity contribution in [3.63, 3.8) is 0 Å². The molecule has 1 aromatic heterocycles. The molecule has 0 bridgehead atoms. The molecular formula is C13H22N4O. The van der Waals surface area contributed by atoms with E-state index < -0.39 is 0 Å². The Kier molecular flexibility index (Phi) is 4.52. The van der Waals surface area contributed by atoms with E-state index in [1.54, 1.807) is 0 Å².